The van der Waals surface area contributed by atoms with Crippen LogP contribution in [-0.4, -0.2) is 10.1 Å². The van der Waals surface area contributed by atoms with E-state index in [1.807, 2.05) is 0 Å². The van der Waals surface area contributed by atoms with Crippen LogP contribution >= 0.6 is 0 Å². The van der Waals surface area contributed by atoms with E-state index in [-0.39, 0.29) is 0 Å². The predicted molar refractivity (Wildman–Crippen MR) is 44.8 cm³/mol. The molecule has 1 aromatic heterocycles. The number of nitrogens with zero attached hydrogens (tertiary/aromatic N) is 2. The highest BCUT2D eigenvalue weighted by Crippen LogP contribution is 2.31. The highest BCUT2D eigenvalue weighted by molar-refractivity contribution is 4.94. The van der Waals surface area contributed by atoms with Gasteiger partial charge in [-0.15, -0.1) is 0 Å². The first-order valence-electron chi connectivity index (χ1n) is 4.58. The highest BCUT2D eigenvalue weighted by Gasteiger charge is 2.24. The van der Waals surface area contributed by atoms with Crippen molar-refractivity contribution in [3.8, 4) is 0 Å². The smallest absolute Gasteiger partial charge is 0.229 e. The largest absolute Gasteiger partial charge is 0.339 e. The molecule has 1 aromatic rings. The standard InChI is InChI=1S/C9H14N2O/c1-6(2)9-10-8(11-12-9)5-7-3-4-7/h6-7H,3-5H2,1-2H3. The molecule has 1 saturated carbocycles. The Labute approximate surface area is 72.2 Å². The van der Waals surface area contributed by atoms with E-state index in [1.54, 1.807) is 0 Å². The Balaban J connectivity index is 2.02. The molecule has 0 aliphatic heterocycles. The van der Waals surface area contributed by atoms with E-state index in [0.29, 0.717) is 5.92 Å². The Morgan fingerprint density at radius 3 is 2.75 bits per heavy atom. The van der Waals surface area contributed by atoms with Gasteiger partial charge in [-0.25, -0.2) is 0 Å². The summed E-state index contributed by atoms with van der Waals surface area (Å²) in [5.74, 6) is 2.85. The SMILES string of the molecule is CC(C)c1nc(CC2CC2)no1. The van der Waals surface area contributed by atoms with Crippen molar-refractivity contribution in [3.63, 3.8) is 0 Å². The summed E-state index contributed by atoms with van der Waals surface area (Å²) in [7, 11) is 0. The first-order valence-corrected chi connectivity index (χ1v) is 4.58. The van der Waals surface area contributed by atoms with E-state index in [4.69, 9.17) is 4.52 Å². The maximum Gasteiger partial charge on any atom is 0.229 e. The van der Waals surface area contributed by atoms with Gasteiger partial charge in [0, 0.05) is 12.3 Å². The van der Waals surface area contributed by atoms with Crippen molar-refractivity contribution in [3.05, 3.63) is 11.7 Å². The van der Waals surface area contributed by atoms with Crippen molar-refractivity contribution in [1.29, 1.82) is 0 Å². The fourth-order valence-corrected chi connectivity index (χ4v) is 1.17. The minimum Gasteiger partial charge on any atom is -0.339 e. The van der Waals surface area contributed by atoms with Gasteiger partial charge in [-0.3, -0.25) is 0 Å². The summed E-state index contributed by atoms with van der Waals surface area (Å²) in [6.45, 7) is 4.13. The highest BCUT2D eigenvalue weighted by atomic mass is 16.5. The van der Waals surface area contributed by atoms with Crippen LogP contribution in [0.1, 0.15) is 44.3 Å². The van der Waals surface area contributed by atoms with Gasteiger partial charge in [0.05, 0.1) is 0 Å². The van der Waals surface area contributed by atoms with Gasteiger partial charge in [-0.1, -0.05) is 19.0 Å². The van der Waals surface area contributed by atoms with Gasteiger partial charge in [0.15, 0.2) is 5.82 Å². The topological polar surface area (TPSA) is 38.9 Å². The molecule has 0 bridgehead atoms. The number of aromatic nitrogens is 2. The van der Waals surface area contributed by atoms with Gasteiger partial charge >= 0.3 is 0 Å². The van der Waals surface area contributed by atoms with E-state index < -0.39 is 0 Å². The van der Waals surface area contributed by atoms with Crippen LogP contribution in [0.25, 0.3) is 0 Å². The molecule has 1 fully saturated rings. The summed E-state index contributed by atoms with van der Waals surface area (Å²) in [5, 5.41) is 3.93. The third kappa shape index (κ3) is 1.65. The van der Waals surface area contributed by atoms with Crippen molar-refractivity contribution < 1.29 is 4.52 Å². The Kier molecular flexibility index (Phi) is 1.87. The second-order valence-corrected chi connectivity index (χ2v) is 3.85. The molecule has 1 aliphatic carbocycles. The number of hydrogen-bond acceptors (Lipinski definition) is 3. The number of hydrogen-bond donors (Lipinski definition) is 0. The first kappa shape index (κ1) is 7.77. The molecule has 2 rings (SSSR count). The molecular weight excluding hydrogens is 152 g/mol. The molecule has 0 aromatic carbocycles. The molecule has 12 heavy (non-hydrogen) atoms. The minimum atomic E-state index is 0.352. The average molecular weight is 166 g/mol. The van der Waals surface area contributed by atoms with E-state index >= 15 is 0 Å². The fraction of sp³-hybridized carbons (Fsp3) is 0.778. The quantitative estimate of drug-likeness (QED) is 0.690. The van der Waals surface area contributed by atoms with E-state index in [2.05, 4.69) is 24.0 Å². The molecule has 1 aliphatic rings. The van der Waals surface area contributed by atoms with Crippen LogP contribution in [-0.2, 0) is 6.42 Å². The molecule has 0 spiro atoms. The Morgan fingerprint density at radius 2 is 2.25 bits per heavy atom. The van der Waals surface area contributed by atoms with Gasteiger partial charge in [0.2, 0.25) is 5.89 Å². The van der Waals surface area contributed by atoms with E-state index in [0.717, 1.165) is 24.1 Å². The van der Waals surface area contributed by atoms with Crippen molar-refractivity contribution in [2.75, 3.05) is 0 Å². The Morgan fingerprint density at radius 1 is 1.50 bits per heavy atom. The maximum atomic E-state index is 5.09. The monoisotopic (exact) mass is 166 g/mol. The van der Waals surface area contributed by atoms with E-state index in [1.165, 1.54) is 12.8 Å². The summed E-state index contributed by atoms with van der Waals surface area (Å²) in [5.41, 5.74) is 0. The lowest BCUT2D eigenvalue weighted by atomic mass is 10.2. The molecule has 0 radical (unpaired) electrons. The summed E-state index contributed by atoms with van der Waals surface area (Å²) in [6.07, 6.45) is 3.69. The van der Waals surface area contributed by atoms with Gasteiger partial charge in [-0.05, 0) is 18.8 Å². The molecule has 0 atom stereocenters. The maximum absolute atomic E-state index is 5.09. The Bertz CT molecular complexity index is 263. The lowest BCUT2D eigenvalue weighted by molar-refractivity contribution is 0.360. The summed E-state index contributed by atoms with van der Waals surface area (Å²) < 4.78 is 5.09. The zero-order valence-corrected chi connectivity index (χ0v) is 7.58. The zero-order valence-electron chi connectivity index (χ0n) is 7.58. The van der Waals surface area contributed by atoms with Crippen molar-refractivity contribution in [1.82, 2.24) is 10.1 Å². The molecule has 3 nitrogen and oxygen atoms in total. The third-order valence-corrected chi connectivity index (χ3v) is 2.15. The van der Waals surface area contributed by atoms with Crippen LogP contribution in [0.15, 0.2) is 4.52 Å². The fourth-order valence-electron chi connectivity index (χ4n) is 1.17. The van der Waals surface area contributed by atoms with Crippen LogP contribution in [0, 0.1) is 5.92 Å². The van der Waals surface area contributed by atoms with Crippen LogP contribution in [0.3, 0.4) is 0 Å². The Hall–Kier alpha value is -0.860. The van der Waals surface area contributed by atoms with Crippen molar-refractivity contribution in [2.45, 2.75) is 39.0 Å². The summed E-state index contributed by atoms with van der Waals surface area (Å²) in [6, 6.07) is 0. The van der Waals surface area contributed by atoms with E-state index in [9.17, 15) is 0 Å². The van der Waals surface area contributed by atoms with Crippen molar-refractivity contribution in [2.24, 2.45) is 5.92 Å². The number of rotatable bonds is 3. The molecule has 3 heteroatoms. The summed E-state index contributed by atoms with van der Waals surface area (Å²) >= 11 is 0. The molecule has 66 valence electrons. The second kappa shape index (κ2) is 2.88. The average Bonchev–Trinajstić information content (AvgIpc) is 2.66. The van der Waals surface area contributed by atoms with Crippen molar-refractivity contribution >= 4 is 0 Å². The zero-order chi connectivity index (χ0) is 8.55. The first-order chi connectivity index (χ1) is 5.75. The minimum absolute atomic E-state index is 0.352. The van der Waals surface area contributed by atoms with Crippen LogP contribution in [0.4, 0.5) is 0 Å². The van der Waals surface area contributed by atoms with Gasteiger partial charge in [-0.2, -0.15) is 4.98 Å². The molecule has 0 N–H and O–H groups in total. The van der Waals surface area contributed by atoms with Crippen LogP contribution in [0.2, 0.25) is 0 Å². The lowest BCUT2D eigenvalue weighted by Gasteiger charge is -1.92. The van der Waals surface area contributed by atoms with Crippen LogP contribution < -0.4 is 0 Å². The predicted octanol–water partition coefficient (Wildman–Crippen LogP) is 2.15. The molecule has 0 saturated heterocycles. The third-order valence-electron chi connectivity index (χ3n) is 2.15. The normalized spacial score (nSPS) is 17.2. The van der Waals surface area contributed by atoms with Crippen LogP contribution in [0.5, 0.6) is 0 Å². The molecule has 0 amide bonds. The second-order valence-electron chi connectivity index (χ2n) is 3.85. The lowest BCUT2D eigenvalue weighted by Crippen LogP contribution is -1.91. The molecular formula is C9H14N2O. The van der Waals surface area contributed by atoms with Gasteiger partial charge < -0.3 is 4.52 Å². The molecule has 1 heterocycles. The van der Waals surface area contributed by atoms with Gasteiger partial charge in [0.25, 0.3) is 0 Å². The molecule has 0 unspecified atom stereocenters. The summed E-state index contributed by atoms with van der Waals surface area (Å²) in [4.78, 5) is 4.31. The van der Waals surface area contributed by atoms with Gasteiger partial charge in [0.1, 0.15) is 0 Å².